The molecule has 5 heteroatoms. The van der Waals surface area contributed by atoms with Crippen LogP contribution in [0.25, 0.3) is 0 Å². The Kier molecular flexibility index (Phi) is 4.48. The smallest absolute Gasteiger partial charge is 0.410 e. The number of amides is 1. The van der Waals surface area contributed by atoms with Crippen molar-refractivity contribution in [2.75, 3.05) is 13.7 Å². The molecule has 1 aliphatic heterocycles. The maximum Gasteiger partial charge on any atom is 0.410 e. The lowest BCUT2D eigenvalue weighted by molar-refractivity contribution is -0.0908. The van der Waals surface area contributed by atoms with E-state index in [1.54, 1.807) is 12.0 Å². The fourth-order valence-corrected chi connectivity index (χ4v) is 3.61. The second kappa shape index (κ2) is 6.40. The van der Waals surface area contributed by atoms with Crippen molar-refractivity contribution in [3.63, 3.8) is 0 Å². The van der Waals surface area contributed by atoms with Gasteiger partial charge in [-0.3, -0.25) is 0 Å². The van der Waals surface area contributed by atoms with Crippen molar-refractivity contribution in [3.05, 3.63) is 29.8 Å². The number of methoxy groups -OCH3 is 1. The van der Waals surface area contributed by atoms with Crippen LogP contribution in [0.2, 0.25) is 0 Å². The summed E-state index contributed by atoms with van der Waals surface area (Å²) in [5, 5.41) is 9.66. The summed E-state index contributed by atoms with van der Waals surface area (Å²) in [5.41, 5.74) is 0.713. The monoisotopic (exact) mass is 319 g/mol. The number of ether oxygens (including phenoxy) is 2. The van der Waals surface area contributed by atoms with Crippen LogP contribution in [-0.4, -0.2) is 41.5 Å². The van der Waals surface area contributed by atoms with Gasteiger partial charge in [-0.1, -0.05) is 12.1 Å². The van der Waals surface area contributed by atoms with Gasteiger partial charge < -0.3 is 19.5 Å². The van der Waals surface area contributed by atoms with E-state index in [1.807, 2.05) is 31.2 Å². The third kappa shape index (κ3) is 3.29. The number of nitrogens with zero attached hydrogens (tertiary/aromatic N) is 1. The molecule has 1 N–H and O–H groups in total. The number of aliphatic hydroxyl groups is 1. The third-order valence-corrected chi connectivity index (χ3v) is 5.28. The molecule has 5 nitrogen and oxygen atoms in total. The van der Waals surface area contributed by atoms with E-state index in [2.05, 4.69) is 0 Å². The largest absolute Gasteiger partial charge is 0.497 e. The molecule has 3 rings (SSSR count). The van der Waals surface area contributed by atoms with E-state index in [0.717, 1.165) is 43.4 Å². The van der Waals surface area contributed by atoms with Crippen LogP contribution in [0.3, 0.4) is 0 Å². The zero-order valence-electron chi connectivity index (χ0n) is 13.8. The van der Waals surface area contributed by atoms with E-state index in [1.165, 1.54) is 0 Å². The molecule has 1 saturated carbocycles. The highest BCUT2D eigenvalue weighted by molar-refractivity contribution is 5.69. The first-order chi connectivity index (χ1) is 11.0. The van der Waals surface area contributed by atoms with Crippen molar-refractivity contribution in [1.29, 1.82) is 0 Å². The summed E-state index contributed by atoms with van der Waals surface area (Å²) in [6.45, 7) is 2.72. The Balaban J connectivity index is 1.66. The molecule has 1 saturated heterocycles. The average molecular weight is 319 g/mol. The zero-order valence-corrected chi connectivity index (χ0v) is 13.8. The number of carbonyl (C=O) groups is 1. The predicted molar refractivity (Wildman–Crippen MR) is 86.4 cm³/mol. The van der Waals surface area contributed by atoms with Gasteiger partial charge in [0.25, 0.3) is 0 Å². The molecule has 0 unspecified atom stereocenters. The molecule has 23 heavy (non-hydrogen) atoms. The van der Waals surface area contributed by atoms with Crippen LogP contribution >= 0.6 is 0 Å². The second-order valence-electron chi connectivity index (χ2n) is 6.67. The molecule has 1 atom stereocenters. The quantitative estimate of drug-likeness (QED) is 0.929. The zero-order chi connectivity index (χ0) is 16.4. The minimum atomic E-state index is -0.355. The predicted octanol–water partition coefficient (Wildman–Crippen LogP) is 3.27. The van der Waals surface area contributed by atoms with Crippen molar-refractivity contribution in [1.82, 2.24) is 4.90 Å². The van der Waals surface area contributed by atoms with Crippen molar-refractivity contribution >= 4 is 6.09 Å². The van der Waals surface area contributed by atoms with Gasteiger partial charge in [0.15, 0.2) is 0 Å². The van der Waals surface area contributed by atoms with Gasteiger partial charge in [-0.25, -0.2) is 4.79 Å². The van der Waals surface area contributed by atoms with Crippen molar-refractivity contribution in [3.8, 4) is 5.75 Å². The van der Waals surface area contributed by atoms with E-state index in [0.29, 0.717) is 6.54 Å². The van der Waals surface area contributed by atoms with E-state index < -0.39 is 0 Å². The van der Waals surface area contributed by atoms with E-state index in [-0.39, 0.29) is 23.8 Å². The normalized spacial score (nSPS) is 29.3. The van der Waals surface area contributed by atoms with Gasteiger partial charge in [0.2, 0.25) is 0 Å². The number of hydrogen-bond acceptors (Lipinski definition) is 4. The van der Waals surface area contributed by atoms with E-state index >= 15 is 0 Å². The molecule has 126 valence electrons. The van der Waals surface area contributed by atoms with Crippen LogP contribution in [0.1, 0.15) is 50.6 Å². The van der Waals surface area contributed by atoms with Gasteiger partial charge in [-0.05, 0) is 50.3 Å². The minimum absolute atomic E-state index is 0.0278. The van der Waals surface area contributed by atoms with Crippen molar-refractivity contribution in [2.45, 2.75) is 56.8 Å². The molecule has 2 fully saturated rings. The Bertz CT molecular complexity index is 549. The molecule has 0 radical (unpaired) electrons. The van der Waals surface area contributed by atoms with Gasteiger partial charge in [0.05, 0.1) is 19.3 Å². The van der Waals surface area contributed by atoms with Crippen LogP contribution in [-0.2, 0) is 4.74 Å². The first kappa shape index (κ1) is 16.1. The van der Waals surface area contributed by atoms with Gasteiger partial charge in [-0.15, -0.1) is 0 Å². The first-order valence-electron chi connectivity index (χ1n) is 8.35. The molecule has 1 aromatic carbocycles. The standard InChI is InChI=1S/C18H25NO4/c1-13(14-3-5-16(22-2)6-4-14)19-12-11-18(23-17(19)21)9-7-15(20)8-10-18/h3-6,13,15,20H,7-12H2,1-2H3/t13-,15-,18+/m0/s1. The summed E-state index contributed by atoms with van der Waals surface area (Å²) in [5.74, 6) is 0.807. The fourth-order valence-electron chi connectivity index (χ4n) is 3.61. The van der Waals surface area contributed by atoms with Crippen LogP contribution in [0, 0.1) is 0 Å². The average Bonchev–Trinajstić information content (AvgIpc) is 2.57. The van der Waals surface area contributed by atoms with Gasteiger partial charge in [0.1, 0.15) is 11.4 Å². The lowest BCUT2D eigenvalue weighted by Crippen LogP contribution is -2.52. The number of hydrogen-bond donors (Lipinski definition) is 1. The Morgan fingerprint density at radius 1 is 1.26 bits per heavy atom. The maximum atomic E-state index is 12.5. The van der Waals surface area contributed by atoms with Gasteiger partial charge >= 0.3 is 6.09 Å². The third-order valence-electron chi connectivity index (χ3n) is 5.28. The molecule has 2 aliphatic rings. The van der Waals surface area contributed by atoms with Crippen LogP contribution in [0.4, 0.5) is 4.79 Å². The summed E-state index contributed by atoms with van der Waals surface area (Å²) >= 11 is 0. The fraction of sp³-hybridized carbons (Fsp3) is 0.611. The number of rotatable bonds is 3. The van der Waals surface area contributed by atoms with Gasteiger partial charge in [-0.2, -0.15) is 0 Å². The molecule has 0 aromatic heterocycles. The summed E-state index contributed by atoms with van der Waals surface area (Å²) < 4.78 is 11.0. The number of benzene rings is 1. The molecular weight excluding hydrogens is 294 g/mol. The first-order valence-corrected chi connectivity index (χ1v) is 8.35. The topological polar surface area (TPSA) is 59.0 Å². The number of aliphatic hydroxyl groups excluding tert-OH is 1. The highest BCUT2D eigenvalue weighted by Crippen LogP contribution is 2.39. The summed E-state index contributed by atoms with van der Waals surface area (Å²) in [6, 6.07) is 7.76. The number of carbonyl (C=O) groups excluding carboxylic acids is 1. The summed E-state index contributed by atoms with van der Waals surface area (Å²) in [4.78, 5) is 14.3. The highest BCUT2D eigenvalue weighted by Gasteiger charge is 2.44. The highest BCUT2D eigenvalue weighted by atomic mass is 16.6. The van der Waals surface area contributed by atoms with E-state index in [4.69, 9.17) is 9.47 Å². The lowest BCUT2D eigenvalue weighted by atomic mass is 9.80. The SMILES string of the molecule is COc1ccc([C@H](C)N2CC[C@]3(CC[C@H](O)CC3)OC2=O)cc1. The molecule has 1 aromatic rings. The van der Waals surface area contributed by atoms with Crippen LogP contribution in [0.5, 0.6) is 5.75 Å². The summed E-state index contributed by atoms with van der Waals surface area (Å²) in [7, 11) is 1.64. The molecule has 1 spiro atoms. The van der Waals surface area contributed by atoms with Crippen LogP contribution < -0.4 is 4.74 Å². The Morgan fingerprint density at radius 2 is 1.91 bits per heavy atom. The Labute approximate surface area is 137 Å². The van der Waals surface area contributed by atoms with Crippen molar-refractivity contribution < 1.29 is 19.4 Å². The van der Waals surface area contributed by atoms with Crippen molar-refractivity contribution in [2.24, 2.45) is 0 Å². The molecule has 1 amide bonds. The molecular formula is C18H25NO4. The Hall–Kier alpha value is -1.75. The molecule has 1 heterocycles. The second-order valence-corrected chi connectivity index (χ2v) is 6.67. The molecule has 0 bridgehead atoms. The maximum absolute atomic E-state index is 12.5. The Morgan fingerprint density at radius 3 is 2.48 bits per heavy atom. The van der Waals surface area contributed by atoms with Crippen LogP contribution in [0.15, 0.2) is 24.3 Å². The van der Waals surface area contributed by atoms with Gasteiger partial charge in [0, 0.05) is 13.0 Å². The molecule has 1 aliphatic carbocycles. The minimum Gasteiger partial charge on any atom is -0.497 e. The lowest BCUT2D eigenvalue weighted by Gasteiger charge is -2.45. The summed E-state index contributed by atoms with van der Waals surface area (Å²) in [6.07, 6.45) is 3.34. The van der Waals surface area contributed by atoms with E-state index in [9.17, 15) is 9.90 Å².